The largest absolute Gasteiger partial charge is 0.472 e. The van der Waals surface area contributed by atoms with Crippen molar-refractivity contribution in [2.45, 2.75) is 496 Å². The molecule has 17 nitrogen and oxygen atoms in total. The van der Waals surface area contributed by atoms with Crippen LogP contribution < -0.4 is 0 Å². The van der Waals surface area contributed by atoms with E-state index in [0.717, 1.165) is 102 Å². The van der Waals surface area contributed by atoms with Crippen molar-refractivity contribution in [3.63, 3.8) is 0 Å². The molecule has 108 heavy (non-hydrogen) atoms. The van der Waals surface area contributed by atoms with Gasteiger partial charge in [0.05, 0.1) is 26.4 Å². The van der Waals surface area contributed by atoms with Gasteiger partial charge in [0.25, 0.3) is 0 Å². The zero-order chi connectivity index (χ0) is 79.2. The third-order valence-electron chi connectivity index (χ3n) is 21.0. The highest BCUT2D eigenvalue weighted by Crippen LogP contribution is 2.45. The Hall–Kier alpha value is -1.94. The van der Waals surface area contributed by atoms with Gasteiger partial charge in [-0.05, 0) is 37.5 Å². The minimum absolute atomic E-state index is 0.107. The molecule has 3 N–H and O–H groups in total. The second-order valence-corrected chi connectivity index (χ2v) is 35.8. The summed E-state index contributed by atoms with van der Waals surface area (Å²) < 4.78 is 69.0. The van der Waals surface area contributed by atoms with Crippen molar-refractivity contribution in [3.8, 4) is 0 Å². The number of carbonyl (C=O) groups is 4. The van der Waals surface area contributed by atoms with Crippen LogP contribution in [0.15, 0.2) is 0 Å². The molecule has 0 amide bonds. The lowest BCUT2D eigenvalue weighted by Crippen LogP contribution is -2.30. The van der Waals surface area contributed by atoms with E-state index in [2.05, 4.69) is 41.5 Å². The van der Waals surface area contributed by atoms with Gasteiger partial charge >= 0.3 is 39.5 Å². The van der Waals surface area contributed by atoms with Crippen LogP contribution in [0.4, 0.5) is 0 Å². The minimum atomic E-state index is -4.97. The van der Waals surface area contributed by atoms with Crippen LogP contribution in [0.3, 0.4) is 0 Å². The first kappa shape index (κ1) is 106. The number of esters is 4. The molecule has 0 aromatic carbocycles. The van der Waals surface area contributed by atoms with Crippen molar-refractivity contribution in [3.05, 3.63) is 0 Å². The first-order chi connectivity index (χ1) is 52.4. The molecule has 19 heteroatoms. The summed E-state index contributed by atoms with van der Waals surface area (Å²) in [6, 6.07) is 0. The van der Waals surface area contributed by atoms with E-state index in [4.69, 9.17) is 37.0 Å². The van der Waals surface area contributed by atoms with E-state index < -0.39 is 97.5 Å². The Morgan fingerprint density at radius 1 is 0.250 bits per heavy atom. The normalized spacial score (nSPS) is 13.8. The molecule has 0 spiro atoms. The highest BCUT2D eigenvalue weighted by Gasteiger charge is 2.31. The molecule has 5 atom stereocenters. The predicted molar refractivity (Wildman–Crippen MR) is 446 cm³/mol. The fourth-order valence-corrected chi connectivity index (χ4v) is 15.5. The molecule has 0 aromatic heterocycles. The Morgan fingerprint density at radius 2 is 0.426 bits per heavy atom. The van der Waals surface area contributed by atoms with Crippen LogP contribution >= 0.6 is 15.6 Å². The topological polar surface area (TPSA) is 237 Å². The number of hydrogen-bond acceptors (Lipinski definition) is 15. The Morgan fingerprint density at radius 3 is 0.630 bits per heavy atom. The Balaban J connectivity index is 5.22. The van der Waals surface area contributed by atoms with E-state index in [1.54, 1.807) is 0 Å². The average Bonchev–Trinajstić information content (AvgIpc) is 0.898. The lowest BCUT2D eigenvalue weighted by atomic mass is 10.0. The SMILES string of the molecule is CCCCCCCCCCCCCCCCCCCCCCC(=O)OC[C@H](COP(=O)(O)OC[C@@H](O)COP(=O)(O)OC[C@@H](COC(=O)CCCCCCCCCC(C)C)OC(=O)CCCCCCCCCCCCCCCCCC(C)C)OC(=O)CCCCCCCCCCCCCCCCCCCCCC. The Labute approximate surface area is 664 Å². The van der Waals surface area contributed by atoms with Gasteiger partial charge in [0.1, 0.15) is 19.3 Å². The molecule has 0 aliphatic heterocycles. The Bertz CT molecular complexity index is 2060. The number of phosphoric acid groups is 2. The lowest BCUT2D eigenvalue weighted by Gasteiger charge is -2.21. The molecule has 0 aliphatic rings. The van der Waals surface area contributed by atoms with Crippen molar-refractivity contribution in [2.24, 2.45) is 11.8 Å². The third kappa shape index (κ3) is 82.1. The zero-order valence-corrected chi connectivity index (χ0v) is 73.0. The van der Waals surface area contributed by atoms with Crippen LogP contribution in [0.1, 0.15) is 478 Å². The molecule has 2 unspecified atom stereocenters. The van der Waals surface area contributed by atoms with E-state index in [1.165, 1.54) is 289 Å². The number of carbonyl (C=O) groups excluding carboxylic acids is 4. The maximum atomic E-state index is 13.2. The van der Waals surface area contributed by atoms with Crippen LogP contribution in [0.2, 0.25) is 0 Å². The number of unbranched alkanes of at least 4 members (excludes halogenated alkanes) is 58. The molecule has 0 heterocycles. The average molecular weight is 1580 g/mol. The third-order valence-corrected chi connectivity index (χ3v) is 22.9. The van der Waals surface area contributed by atoms with E-state index in [9.17, 15) is 43.2 Å². The minimum Gasteiger partial charge on any atom is -0.462 e. The van der Waals surface area contributed by atoms with Crippen LogP contribution in [0, 0.1) is 11.8 Å². The molecule has 0 radical (unpaired) electrons. The smallest absolute Gasteiger partial charge is 0.462 e. The summed E-state index contributed by atoms with van der Waals surface area (Å²) in [5, 5.41) is 10.7. The second-order valence-electron chi connectivity index (χ2n) is 32.9. The zero-order valence-electron chi connectivity index (χ0n) is 71.2. The van der Waals surface area contributed by atoms with Gasteiger partial charge in [0.2, 0.25) is 0 Å². The standard InChI is InChI=1S/C89H174O17P2/c1-7-9-11-13-15-17-19-21-23-25-27-29-31-35-39-43-47-53-59-65-71-86(91)99-77-84(105-88(93)73-67-61-54-48-44-40-36-32-30-28-26-24-22-20-18-16-14-12-10-8-2)79-103-107(95,96)101-75-83(90)76-102-108(97,98)104-80-85(78-100-87(92)72-66-60-56-50-52-58-64-70-82(5)6)106-89(94)74-68-62-55-49-45-41-37-33-34-38-42-46-51-57-63-69-81(3)4/h81-85,90H,7-80H2,1-6H3,(H,95,96)(H,97,98)/t83-,84-,85-/m1/s1. The van der Waals surface area contributed by atoms with Crippen molar-refractivity contribution in [2.75, 3.05) is 39.6 Å². The van der Waals surface area contributed by atoms with Crippen molar-refractivity contribution < 1.29 is 80.2 Å². The molecule has 0 rings (SSSR count). The van der Waals surface area contributed by atoms with Crippen molar-refractivity contribution in [1.29, 1.82) is 0 Å². The first-order valence-electron chi connectivity index (χ1n) is 46.0. The highest BCUT2D eigenvalue weighted by molar-refractivity contribution is 7.47. The van der Waals surface area contributed by atoms with Crippen molar-refractivity contribution >= 4 is 39.5 Å². The summed E-state index contributed by atoms with van der Waals surface area (Å²) in [5.41, 5.74) is 0. The summed E-state index contributed by atoms with van der Waals surface area (Å²) in [6.45, 7) is 9.66. The van der Waals surface area contributed by atoms with Gasteiger partial charge < -0.3 is 33.8 Å². The van der Waals surface area contributed by atoms with E-state index >= 15 is 0 Å². The summed E-state index contributed by atoms with van der Waals surface area (Å²) in [6.07, 6.45) is 73.8. The summed E-state index contributed by atoms with van der Waals surface area (Å²) in [4.78, 5) is 73.3. The van der Waals surface area contributed by atoms with Gasteiger partial charge in [-0.3, -0.25) is 37.3 Å². The number of hydrogen-bond donors (Lipinski definition) is 3. The lowest BCUT2D eigenvalue weighted by molar-refractivity contribution is -0.161. The van der Waals surface area contributed by atoms with E-state index in [0.29, 0.717) is 31.6 Å². The molecule has 642 valence electrons. The number of aliphatic hydroxyl groups excluding tert-OH is 1. The van der Waals surface area contributed by atoms with Crippen LogP contribution in [0.5, 0.6) is 0 Å². The van der Waals surface area contributed by atoms with Crippen LogP contribution in [-0.2, 0) is 65.4 Å². The molecule has 0 bridgehead atoms. The van der Waals surface area contributed by atoms with Crippen LogP contribution in [-0.4, -0.2) is 96.7 Å². The summed E-state index contributed by atoms with van der Waals surface area (Å²) in [5.74, 6) is -0.593. The summed E-state index contributed by atoms with van der Waals surface area (Å²) >= 11 is 0. The molecular formula is C89H174O17P2. The van der Waals surface area contributed by atoms with Gasteiger partial charge in [-0.2, -0.15) is 0 Å². The number of ether oxygens (including phenoxy) is 4. The first-order valence-corrected chi connectivity index (χ1v) is 49.0. The monoisotopic (exact) mass is 1580 g/mol. The number of aliphatic hydroxyl groups is 1. The fourth-order valence-electron chi connectivity index (χ4n) is 14.0. The molecule has 0 fully saturated rings. The van der Waals surface area contributed by atoms with E-state index in [1.807, 2.05) is 0 Å². The molecule has 0 aliphatic carbocycles. The van der Waals surface area contributed by atoms with Gasteiger partial charge in [-0.25, -0.2) is 9.13 Å². The van der Waals surface area contributed by atoms with Gasteiger partial charge in [-0.15, -0.1) is 0 Å². The second kappa shape index (κ2) is 80.3. The maximum absolute atomic E-state index is 13.2. The number of rotatable bonds is 88. The van der Waals surface area contributed by atoms with Gasteiger partial charge in [0, 0.05) is 25.7 Å². The predicted octanol–water partition coefficient (Wildman–Crippen LogP) is 27.4. The maximum Gasteiger partial charge on any atom is 0.472 e. The van der Waals surface area contributed by atoms with E-state index in [-0.39, 0.29) is 25.7 Å². The van der Waals surface area contributed by atoms with Crippen LogP contribution in [0.25, 0.3) is 0 Å². The molecular weight excluding hydrogens is 1400 g/mol. The van der Waals surface area contributed by atoms with Crippen molar-refractivity contribution in [1.82, 2.24) is 0 Å². The molecule has 0 aromatic rings. The quantitative estimate of drug-likeness (QED) is 0.0222. The van der Waals surface area contributed by atoms with Gasteiger partial charge in [0.15, 0.2) is 12.2 Å². The Kier molecular flexibility index (Phi) is 78.8. The number of phosphoric ester groups is 2. The molecule has 0 saturated heterocycles. The van der Waals surface area contributed by atoms with Gasteiger partial charge in [-0.1, -0.05) is 427 Å². The highest BCUT2D eigenvalue weighted by atomic mass is 31.2. The fraction of sp³-hybridized carbons (Fsp3) is 0.955. The summed E-state index contributed by atoms with van der Waals surface area (Å²) in [7, 11) is -9.93. The molecule has 0 saturated carbocycles.